The van der Waals surface area contributed by atoms with E-state index in [9.17, 15) is 28.0 Å². The molecule has 11 heteroatoms. The van der Waals surface area contributed by atoms with Gasteiger partial charge in [0.05, 0.1) is 43.0 Å². The van der Waals surface area contributed by atoms with Gasteiger partial charge in [-0.1, -0.05) is 30.3 Å². The third-order valence-electron chi connectivity index (χ3n) is 5.42. The Balaban J connectivity index is 2.27. The summed E-state index contributed by atoms with van der Waals surface area (Å²) in [7, 11) is 2.24. The third-order valence-corrected chi connectivity index (χ3v) is 5.42. The highest BCUT2D eigenvalue weighted by molar-refractivity contribution is 6.06. The van der Waals surface area contributed by atoms with Crippen molar-refractivity contribution in [2.75, 3.05) is 25.7 Å². The summed E-state index contributed by atoms with van der Waals surface area (Å²) in [5.74, 6) is -3.10. The first-order chi connectivity index (χ1) is 17.0. The number of carbonyl (C=O) groups excluding carboxylic acids is 2. The van der Waals surface area contributed by atoms with E-state index in [2.05, 4.69) is 0 Å². The second kappa shape index (κ2) is 10.4. The number of benzene rings is 2. The molecular formula is C25H22F3N3O5. The summed E-state index contributed by atoms with van der Waals surface area (Å²) in [6, 6.07) is 14.4. The lowest BCUT2D eigenvalue weighted by Gasteiger charge is -2.36. The van der Waals surface area contributed by atoms with Gasteiger partial charge in [0.15, 0.2) is 6.61 Å². The average Bonchev–Trinajstić information content (AvgIpc) is 2.86. The molecule has 0 spiro atoms. The number of nitrogens with zero attached hydrogens (tertiary/aromatic N) is 2. The highest BCUT2D eigenvalue weighted by Gasteiger charge is 2.43. The molecule has 2 N–H and O–H groups in total. The Morgan fingerprint density at radius 2 is 1.72 bits per heavy atom. The largest absolute Gasteiger partial charge is 0.484 e. The van der Waals surface area contributed by atoms with Gasteiger partial charge in [0, 0.05) is 0 Å². The minimum absolute atomic E-state index is 0.0361. The Hall–Kier alpha value is -4.46. The average molecular weight is 501 g/mol. The fourth-order valence-corrected chi connectivity index (χ4v) is 3.90. The van der Waals surface area contributed by atoms with Crippen molar-refractivity contribution in [1.29, 1.82) is 5.26 Å². The topological polar surface area (TPSA) is 115 Å². The van der Waals surface area contributed by atoms with Crippen LogP contribution >= 0.6 is 0 Å². The summed E-state index contributed by atoms with van der Waals surface area (Å²) in [6.45, 7) is 0.0553. The minimum Gasteiger partial charge on any atom is -0.484 e. The Bertz CT molecular complexity index is 1280. The molecule has 0 radical (unpaired) electrons. The van der Waals surface area contributed by atoms with Crippen molar-refractivity contribution in [3.63, 3.8) is 0 Å². The van der Waals surface area contributed by atoms with E-state index in [-0.39, 0.29) is 34.1 Å². The lowest BCUT2D eigenvalue weighted by Crippen LogP contribution is -2.41. The van der Waals surface area contributed by atoms with Crippen LogP contribution in [0.3, 0.4) is 0 Å². The van der Waals surface area contributed by atoms with Crippen molar-refractivity contribution in [3.05, 3.63) is 82.3 Å². The number of ether oxygens (including phenoxy) is 3. The number of methoxy groups -OCH3 is 2. The summed E-state index contributed by atoms with van der Waals surface area (Å²) in [6.07, 6.45) is -4.53. The molecule has 2 aromatic carbocycles. The summed E-state index contributed by atoms with van der Waals surface area (Å²) in [5, 5.41) is 10.0. The zero-order valence-electron chi connectivity index (χ0n) is 19.6. The SMILES string of the molecule is COC(=O)C1=C(C(=O)OC)N(c2ccc(OCC(F)(F)F)cc2C)C(N)=C(C#N)C1c1ccccc1. The van der Waals surface area contributed by atoms with Gasteiger partial charge in [0.1, 0.15) is 17.3 Å². The first-order valence-electron chi connectivity index (χ1n) is 10.5. The molecule has 1 atom stereocenters. The van der Waals surface area contributed by atoms with Crippen LogP contribution in [0.4, 0.5) is 18.9 Å². The molecule has 2 aromatic rings. The van der Waals surface area contributed by atoms with Crippen LogP contribution in [0.2, 0.25) is 0 Å². The number of hydrogen-bond acceptors (Lipinski definition) is 8. The van der Waals surface area contributed by atoms with Crippen LogP contribution in [-0.4, -0.2) is 38.9 Å². The van der Waals surface area contributed by atoms with Crippen molar-refractivity contribution in [2.45, 2.75) is 19.0 Å². The number of esters is 2. The number of allylic oxidation sites excluding steroid dienone is 1. The summed E-state index contributed by atoms with van der Waals surface area (Å²) in [4.78, 5) is 27.2. The standard InChI is InChI=1S/C25H22F3N3O5/c1-14-11-16(36-13-25(26,27)28)9-10-18(14)31-21(24(33)35-3)20(23(32)34-2)19(17(12-29)22(31)30)15-7-5-4-6-8-15/h4-11,19H,13,30H2,1-3H3. The van der Waals surface area contributed by atoms with E-state index in [0.717, 1.165) is 14.2 Å². The van der Waals surface area contributed by atoms with Crippen LogP contribution < -0.4 is 15.4 Å². The highest BCUT2D eigenvalue weighted by Crippen LogP contribution is 2.44. The fraction of sp³-hybridized carbons (Fsp3) is 0.240. The van der Waals surface area contributed by atoms with E-state index in [0.29, 0.717) is 11.1 Å². The molecule has 0 saturated carbocycles. The van der Waals surface area contributed by atoms with Crippen molar-refractivity contribution in [1.82, 2.24) is 0 Å². The number of hydrogen-bond donors (Lipinski definition) is 1. The van der Waals surface area contributed by atoms with Gasteiger partial charge >= 0.3 is 18.1 Å². The Kier molecular flexibility index (Phi) is 7.58. The van der Waals surface area contributed by atoms with E-state index in [1.165, 1.54) is 23.1 Å². The summed E-state index contributed by atoms with van der Waals surface area (Å²) < 4.78 is 52.4. The number of rotatable bonds is 6. The second-order valence-electron chi connectivity index (χ2n) is 7.69. The van der Waals surface area contributed by atoms with Gasteiger partial charge in [-0.3, -0.25) is 4.90 Å². The van der Waals surface area contributed by atoms with Crippen molar-refractivity contribution in [3.8, 4) is 11.8 Å². The number of halogens is 3. The van der Waals surface area contributed by atoms with Crippen LogP contribution in [-0.2, 0) is 19.1 Å². The van der Waals surface area contributed by atoms with E-state index >= 15 is 0 Å². The highest BCUT2D eigenvalue weighted by atomic mass is 19.4. The number of nitriles is 1. The first-order valence-corrected chi connectivity index (χ1v) is 10.5. The Morgan fingerprint density at radius 1 is 1.08 bits per heavy atom. The van der Waals surface area contributed by atoms with E-state index in [1.807, 2.05) is 6.07 Å². The molecule has 0 saturated heterocycles. The number of anilines is 1. The molecule has 188 valence electrons. The van der Waals surface area contributed by atoms with E-state index in [4.69, 9.17) is 19.9 Å². The lowest BCUT2D eigenvalue weighted by molar-refractivity contribution is -0.153. The monoisotopic (exact) mass is 501 g/mol. The molecular weight excluding hydrogens is 479 g/mol. The summed E-state index contributed by atoms with van der Waals surface area (Å²) in [5.41, 5.74) is 6.97. The fourth-order valence-electron chi connectivity index (χ4n) is 3.90. The van der Waals surface area contributed by atoms with E-state index in [1.54, 1.807) is 37.3 Å². The molecule has 8 nitrogen and oxygen atoms in total. The maximum Gasteiger partial charge on any atom is 0.422 e. The van der Waals surface area contributed by atoms with Crippen molar-refractivity contribution < 1.29 is 37.0 Å². The number of alkyl halides is 3. The predicted molar refractivity (Wildman–Crippen MR) is 122 cm³/mol. The lowest BCUT2D eigenvalue weighted by atomic mass is 9.80. The molecule has 0 fully saturated rings. The third kappa shape index (κ3) is 5.12. The van der Waals surface area contributed by atoms with Gasteiger partial charge in [-0.2, -0.15) is 18.4 Å². The van der Waals surface area contributed by atoms with Gasteiger partial charge in [-0.05, 0) is 36.2 Å². The maximum absolute atomic E-state index is 13.0. The summed E-state index contributed by atoms with van der Waals surface area (Å²) >= 11 is 0. The quantitative estimate of drug-likeness (QED) is 0.594. The molecule has 1 unspecified atom stereocenters. The minimum atomic E-state index is -4.53. The second-order valence-corrected chi connectivity index (χ2v) is 7.69. The van der Waals surface area contributed by atoms with Crippen LogP contribution in [0, 0.1) is 18.3 Å². The number of aryl methyl sites for hydroxylation is 1. The van der Waals surface area contributed by atoms with Crippen LogP contribution in [0.25, 0.3) is 0 Å². The predicted octanol–water partition coefficient (Wildman–Crippen LogP) is 3.83. The Morgan fingerprint density at radius 3 is 2.25 bits per heavy atom. The zero-order valence-corrected chi connectivity index (χ0v) is 19.6. The van der Waals surface area contributed by atoms with Crippen LogP contribution in [0.1, 0.15) is 17.0 Å². The van der Waals surface area contributed by atoms with Crippen molar-refractivity contribution >= 4 is 17.6 Å². The van der Waals surface area contributed by atoms with Gasteiger partial charge in [-0.15, -0.1) is 0 Å². The van der Waals surface area contributed by atoms with Crippen LogP contribution in [0.5, 0.6) is 5.75 Å². The van der Waals surface area contributed by atoms with Gasteiger partial charge in [0.2, 0.25) is 0 Å². The molecule has 1 aliphatic rings. The Labute approximate surface area is 205 Å². The van der Waals surface area contributed by atoms with Crippen molar-refractivity contribution in [2.24, 2.45) is 5.73 Å². The number of carbonyl (C=O) groups is 2. The molecule has 1 aliphatic heterocycles. The maximum atomic E-state index is 13.0. The van der Waals surface area contributed by atoms with Gasteiger partial charge in [-0.25, -0.2) is 9.59 Å². The van der Waals surface area contributed by atoms with Gasteiger partial charge in [0.25, 0.3) is 0 Å². The van der Waals surface area contributed by atoms with Crippen LogP contribution in [0.15, 0.2) is 71.2 Å². The normalized spacial score (nSPS) is 15.9. The smallest absolute Gasteiger partial charge is 0.422 e. The molecule has 1 heterocycles. The zero-order chi connectivity index (χ0) is 26.6. The number of nitrogens with two attached hydrogens (primary N) is 1. The molecule has 36 heavy (non-hydrogen) atoms. The van der Waals surface area contributed by atoms with E-state index < -0.39 is 30.6 Å². The van der Waals surface area contributed by atoms with Gasteiger partial charge < -0.3 is 19.9 Å². The molecule has 0 bridgehead atoms. The molecule has 0 amide bonds. The molecule has 0 aromatic heterocycles. The first kappa shape index (κ1) is 26.2. The molecule has 0 aliphatic carbocycles. The molecule has 3 rings (SSSR count).